The van der Waals surface area contributed by atoms with Crippen molar-refractivity contribution in [1.29, 1.82) is 0 Å². The summed E-state index contributed by atoms with van der Waals surface area (Å²) >= 11 is -0.185. The van der Waals surface area contributed by atoms with Crippen molar-refractivity contribution in [2.45, 2.75) is 30.2 Å². The van der Waals surface area contributed by atoms with E-state index in [1.807, 2.05) is 6.92 Å². The number of amides is 1. The van der Waals surface area contributed by atoms with Crippen molar-refractivity contribution in [1.82, 2.24) is 0 Å². The second kappa shape index (κ2) is 7.54. The van der Waals surface area contributed by atoms with Crippen LogP contribution in [0.15, 0.2) is 29.2 Å². The molecule has 0 radical (unpaired) electrons. The molecule has 1 amide bonds. The first-order valence-electron chi connectivity index (χ1n) is 6.22. The minimum Gasteiger partial charge on any atom is -0.330 e. The van der Waals surface area contributed by atoms with Gasteiger partial charge in [-0.05, 0) is 42.4 Å². The van der Waals surface area contributed by atoms with Gasteiger partial charge in [0.05, 0.1) is 5.92 Å². The van der Waals surface area contributed by atoms with Crippen LogP contribution in [0.4, 0.5) is 18.9 Å². The molecule has 20 heavy (non-hydrogen) atoms. The summed E-state index contributed by atoms with van der Waals surface area (Å²) in [6.07, 6.45) is 1.53. The fourth-order valence-electron chi connectivity index (χ4n) is 1.69. The van der Waals surface area contributed by atoms with Gasteiger partial charge >= 0.3 is 5.51 Å². The van der Waals surface area contributed by atoms with Crippen molar-refractivity contribution in [3.63, 3.8) is 0 Å². The Morgan fingerprint density at radius 2 is 1.95 bits per heavy atom. The van der Waals surface area contributed by atoms with Crippen LogP contribution < -0.4 is 11.1 Å². The van der Waals surface area contributed by atoms with E-state index in [2.05, 4.69) is 5.32 Å². The summed E-state index contributed by atoms with van der Waals surface area (Å²) in [6, 6.07) is 5.55. The smallest absolute Gasteiger partial charge is 0.330 e. The van der Waals surface area contributed by atoms with Crippen molar-refractivity contribution >= 4 is 23.4 Å². The average molecular weight is 306 g/mol. The number of halogens is 3. The number of hydrogen-bond donors (Lipinski definition) is 2. The summed E-state index contributed by atoms with van der Waals surface area (Å²) in [5.74, 6) is -0.477. The van der Waals surface area contributed by atoms with Crippen molar-refractivity contribution in [3.8, 4) is 0 Å². The van der Waals surface area contributed by atoms with E-state index in [0.717, 1.165) is 6.42 Å². The number of thioether (sulfide) groups is 1. The summed E-state index contributed by atoms with van der Waals surface area (Å²) < 4.78 is 36.5. The van der Waals surface area contributed by atoms with Crippen molar-refractivity contribution in [2.75, 3.05) is 11.9 Å². The predicted molar refractivity (Wildman–Crippen MR) is 74.4 cm³/mol. The third kappa shape index (κ3) is 5.83. The van der Waals surface area contributed by atoms with E-state index in [9.17, 15) is 18.0 Å². The molecule has 1 aromatic rings. The molecule has 0 spiro atoms. The predicted octanol–water partition coefficient (Wildman–Crippen LogP) is 3.61. The number of rotatable bonds is 6. The maximum absolute atomic E-state index is 12.2. The van der Waals surface area contributed by atoms with Gasteiger partial charge in [0.15, 0.2) is 0 Å². The maximum Gasteiger partial charge on any atom is 0.446 e. The normalized spacial score (nSPS) is 13.1. The molecule has 0 aliphatic carbocycles. The zero-order chi connectivity index (χ0) is 15.2. The van der Waals surface area contributed by atoms with E-state index >= 15 is 0 Å². The van der Waals surface area contributed by atoms with Crippen molar-refractivity contribution in [3.05, 3.63) is 24.3 Å². The van der Waals surface area contributed by atoms with E-state index in [1.54, 1.807) is 0 Å². The first kappa shape index (κ1) is 16.8. The second-order valence-corrected chi connectivity index (χ2v) is 5.42. The number of alkyl halides is 3. The summed E-state index contributed by atoms with van der Waals surface area (Å²) in [4.78, 5) is 12.0. The molecule has 1 aromatic carbocycles. The molecule has 0 bridgehead atoms. The minimum absolute atomic E-state index is 0.0828. The van der Waals surface area contributed by atoms with Crippen LogP contribution in [-0.4, -0.2) is 18.0 Å². The molecule has 0 saturated carbocycles. The number of anilines is 1. The summed E-state index contributed by atoms with van der Waals surface area (Å²) in [5.41, 5.74) is 1.68. The van der Waals surface area contributed by atoms with Crippen molar-refractivity contribution < 1.29 is 18.0 Å². The summed E-state index contributed by atoms with van der Waals surface area (Å²) in [5, 5.41) is 2.66. The lowest BCUT2D eigenvalue weighted by molar-refractivity contribution is -0.119. The molecular formula is C13H17F3N2OS. The third-order valence-electron chi connectivity index (χ3n) is 2.65. The van der Waals surface area contributed by atoms with Gasteiger partial charge in [0.25, 0.3) is 0 Å². The molecule has 0 fully saturated rings. The lowest BCUT2D eigenvalue weighted by Crippen LogP contribution is -2.29. The zero-order valence-electron chi connectivity index (χ0n) is 11.0. The van der Waals surface area contributed by atoms with Crippen LogP contribution in [0.3, 0.4) is 0 Å². The van der Waals surface area contributed by atoms with Gasteiger partial charge in [-0.15, -0.1) is 0 Å². The Labute approximate surface area is 120 Å². The van der Waals surface area contributed by atoms with Gasteiger partial charge in [0.2, 0.25) is 5.91 Å². The first-order valence-corrected chi connectivity index (χ1v) is 7.04. The topological polar surface area (TPSA) is 55.1 Å². The average Bonchev–Trinajstić information content (AvgIpc) is 2.36. The molecule has 0 aliphatic heterocycles. The fraction of sp³-hybridized carbons (Fsp3) is 0.462. The Bertz CT molecular complexity index is 434. The molecule has 7 heteroatoms. The van der Waals surface area contributed by atoms with Crippen LogP contribution in [0.2, 0.25) is 0 Å². The largest absolute Gasteiger partial charge is 0.446 e. The number of hydrogen-bond acceptors (Lipinski definition) is 3. The Morgan fingerprint density at radius 3 is 2.40 bits per heavy atom. The Balaban J connectivity index is 2.63. The highest BCUT2D eigenvalue weighted by Gasteiger charge is 2.29. The minimum atomic E-state index is -4.31. The van der Waals surface area contributed by atoms with E-state index in [-0.39, 0.29) is 35.0 Å². The maximum atomic E-state index is 12.2. The van der Waals surface area contributed by atoms with Gasteiger partial charge in [-0.3, -0.25) is 4.79 Å². The van der Waals surface area contributed by atoms with Gasteiger partial charge < -0.3 is 11.1 Å². The molecule has 0 aromatic heterocycles. The SMILES string of the molecule is CCCC(CN)C(=O)Nc1ccc(SC(F)(F)F)cc1. The van der Waals surface area contributed by atoms with Crippen LogP contribution in [0.25, 0.3) is 0 Å². The van der Waals surface area contributed by atoms with Crippen LogP contribution in [0, 0.1) is 5.92 Å². The summed E-state index contributed by atoms with van der Waals surface area (Å²) in [7, 11) is 0. The van der Waals surface area contributed by atoms with Gasteiger partial charge in [-0.25, -0.2) is 0 Å². The first-order chi connectivity index (χ1) is 9.35. The molecule has 112 valence electrons. The third-order valence-corrected chi connectivity index (χ3v) is 3.39. The van der Waals surface area contributed by atoms with Crippen LogP contribution in [-0.2, 0) is 4.79 Å². The number of nitrogens with two attached hydrogens (primary N) is 1. The monoisotopic (exact) mass is 306 g/mol. The number of carbonyl (C=O) groups is 1. The molecule has 0 saturated heterocycles. The molecule has 1 rings (SSSR count). The summed E-state index contributed by atoms with van der Waals surface area (Å²) in [6.45, 7) is 2.21. The van der Waals surface area contributed by atoms with E-state index < -0.39 is 5.51 Å². The number of carbonyl (C=O) groups excluding carboxylic acids is 1. The van der Waals surface area contributed by atoms with Crippen LogP contribution in [0.5, 0.6) is 0 Å². The molecule has 3 nitrogen and oxygen atoms in total. The number of benzene rings is 1. The lowest BCUT2D eigenvalue weighted by atomic mass is 10.0. The molecule has 3 N–H and O–H groups in total. The van der Waals surface area contributed by atoms with Crippen molar-refractivity contribution in [2.24, 2.45) is 11.7 Å². The van der Waals surface area contributed by atoms with Crippen LogP contribution in [0.1, 0.15) is 19.8 Å². The standard InChI is InChI=1S/C13H17F3N2OS/c1-2-3-9(8-17)12(19)18-10-4-6-11(7-5-10)20-13(14,15)16/h4-7,9H,2-3,8,17H2,1H3,(H,18,19). The highest BCUT2D eigenvalue weighted by Crippen LogP contribution is 2.37. The lowest BCUT2D eigenvalue weighted by Gasteiger charge is -2.14. The Kier molecular flexibility index (Phi) is 6.35. The van der Waals surface area contributed by atoms with Gasteiger partial charge in [-0.1, -0.05) is 13.3 Å². The Hall–Kier alpha value is -1.21. The second-order valence-electron chi connectivity index (χ2n) is 4.28. The van der Waals surface area contributed by atoms with E-state index in [0.29, 0.717) is 12.1 Å². The molecule has 1 unspecified atom stereocenters. The Morgan fingerprint density at radius 1 is 1.35 bits per heavy atom. The van der Waals surface area contributed by atoms with E-state index in [1.165, 1.54) is 24.3 Å². The molecular weight excluding hydrogens is 289 g/mol. The van der Waals surface area contributed by atoms with Gasteiger partial charge in [-0.2, -0.15) is 13.2 Å². The molecule has 0 heterocycles. The highest BCUT2D eigenvalue weighted by molar-refractivity contribution is 8.00. The van der Waals surface area contributed by atoms with E-state index in [4.69, 9.17) is 5.73 Å². The fourth-order valence-corrected chi connectivity index (χ4v) is 2.23. The highest BCUT2D eigenvalue weighted by atomic mass is 32.2. The zero-order valence-corrected chi connectivity index (χ0v) is 11.9. The quantitative estimate of drug-likeness (QED) is 0.789. The number of nitrogens with one attached hydrogen (secondary N) is 1. The molecule has 0 aliphatic rings. The molecule has 1 atom stereocenters. The van der Waals surface area contributed by atoms with Gasteiger partial charge in [0.1, 0.15) is 0 Å². The van der Waals surface area contributed by atoms with Crippen LogP contribution >= 0.6 is 11.8 Å². The van der Waals surface area contributed by atoms with Gasteiger partial charge in [0, 0.05) is 17.1 Å².